The lowest BCUT2D eigenvalue weighted by molar-refractivity contribution is -0.144. The van der Waals surface area contributed by atoms with E-state index in [1.165, 1.54) is 23.2 Å². The second-order valence-electron chi connectivity index (χ2n) is 29.8. The molecule has 1 fully saturated rings. The van der Waals surface area contributed by atoms with E-state index < -0.39 is 5.97 Å². The number of rotatable bonds is 17. The molecule has 0 saturated carbocycles. The standard InChI is InChI=1S/C30H27BrN4O3.C25H21BrN4.C25H19BrN2O.C9H18N2O2.C8H7BrO/c1-20-8-10-22(11-9-20)30-25(19-34(33-30)24-6-4-3-5-7-24)27-18-26(21-12-14-23(31)15-13-21)32-35(27)28(36)16-17-29(37)38-2;1-17-7-9-19(10-8-17)25-22(16-30(29-25)21-5-3-2-4-6-21)24-15-23(27-28-24)18-11-13-20(26)14-12-18;1-18-7-9-20(10-8-18)25-21(17-28(27-25)23-5-3-2-4-6-23)13-16-24(29)19-11-14-22(26)15-12-19;1-9(2,3)13-8(12)11-6-4-10-5-7-11;1-6(10)7-2-4-8(9)5-3-7/h3-15,19,27H,16-18H2,1-2H3;2-14,16,24,28H,15H2,1H3;2-17H,1H3;10H,4-7H2,1-3H3;2-5H,1H3/b;;16-13+;;. The number of aromatic nitrogens is 6. The van der Waals surface area contributed by atoms with E-state index in [1.54, 1.807) is 30.0 Å². The van der Waals surface area contributed by atoms with Gasteiger partial charge >= 0.3 is 12.1 Å². The Bertz CT molecular complexity index is 5730. The second-order valence-corrected chi connectivity index (χ2v) is 33.4. The van der Waals surface area contributed by atoms with Gasteiger partial charge in [-0.2, -0.15) is 25.5 Å². The van der Waals surface area contributed by atoms with Gasteiger partial charge in [0.1, 0.15) is 5.60 Å². The first-order valence-electron chi connectivity index (χ1n) is 39.3. The van der Waals surface area contributed by atoms with Crippen molar-refractivity contribution in [1.29, 1.82) is 0 Å². The molecule has 120 heavy (non-hydrogen) atoms. The summed E-state index contributed by atoms with van der Waals surface area (Å²) in [7, 11) is 1.32. The Hall–Kier alpha value is -11.9. The molecule has 1 saturated heterocycles. The van der Waals surface area contributed by atoms with Gasteiger partial charge in [-0.05, 0) is 169 Å². The molecule has 0 aliphatic carbocycles. The maximum absolute atomic E-state index is 13.4. The average molecular weight is 1860 g/mol. The monoisotopic (exact) mass is 1850 g/mol. The van der Waals surface area contributed by atoms with Crippen LogP contribution in [0.15, 0.2) is 314 Å². The summed E-state index contributed by atoms with van der Waals surface area (Å²) in [4.78, 5) is 61.7. The van der Waals surface area contributed by atoms with Gasteiger partial charge < -0.3 is 25.1 Å². The van der Waals surface area contributed by atoms with Gasteiger partial charge in [0.2, 0.25) is 5.91 Å². The fourth-order valence-corrected chi connectivity index (χ4v) is 14.2. The smallest absolute Gasteiger partial charge is 0.410 e. The predicted octanol–water partition coefficient (Wildman–Crippen LogP) is 22.3. The lowest BCUT2D eigenvalue weighted by Gasteiger charge is -2.30. The van der Waals surface area contributed by atoms with E-state index in [4.69, 9.17) is 29.9 Å². The van der Waals surface area contributed by atoms with Crippen molar-refractivity contribution in [3.63, 3.8) is 0 Å². The molecule has 0 spiro atoms. The molecular weight excluding hydrogens is 1760 g/mol. The Labute approximate surface area is 733 Å². The summed E-state index contributed by atoms with van der Waals surface area (Å²) in [6, 6.07) is 85.6. The topological polar surface area (TPSA) is 213 Å². The molecule has 23 heteroatoms. The quantitative estimate of drug-likeness (QED) is 0.0495. The molecule has 16 rings (SSSR count). The molecule has 3 aliphatic heterocycles. The lowest BCUT2D eigenvalue weighted by atomic mass is 9.96. The number of piperazine rings is 1. The highest BCUT2D eigenvalue weighted by atomic mass is 79.9. The molecular formula is C97H92Br4N12O7. The molecule has 2 atom stereocenters. The van der Waals surface area contributed by atoms with Gasteiger partial charge in [-0.3, -0.25) is 19.2 Å². The number of ketones is 2. The van der Waals surface area contributed by atoms with Crippen LogP contribution in [0, 0.1) is 20.8 Å². The van der Waals surface area contributed by atoms with Crippen LogP contribution in [0.1, 0.15) is 131 Å². The first-order chi connectivity index (χ1) is 57.9. The van der Waals surface area contributed by atoms with Crippen molar-refractivity contribution < 1.29 is 33.4 Å². The third kappa shape index (κ3) is 24.2. The number of esters is 1. The number of nitrogens with one attached hydrogen (secondary N) is 2. The third-order valence-electron chi connectivity index (χ3n) is 19.6. The number of carbonyl (C=O) groups excluding carboxylic acids is 5. The molecule has 10 aromatic carbocycles. The molecule has 0 radical (unpaired) electrons. The van der Waals surface area contributed by atoms with Crippen LogP contribution >= 0.6 is 63.7 Å². The number of hydrazone groups is 2. The van der Waals surface area contributed by atoms with Crippen LogP contribution in [-0.4, -0.2) is 119 Å². The van der Waals surface area contributed by atoms with E-state index in [1.807, 2.05) is 212 Å². The van der Waals surface area contributed by atoms with Crippen molar-refractivity contribution in [1.82, 2.24) is 50.0 Å². The van der Waals surface area contributed by atoms with Crippen LogP contribution in [0.25, 0.3) is 56.9 Å². The maximum atomic E-state index is 13.4. The number of halogens is 4. The molecule has 3 aliphatic rings. The number of methoxy groups -OCH3 is 1. The van der Waals surface area contributed by atoms with Gasteiger partial charge in [0, 0.05) is 126 Å². The zero-order valence-corrected chi connectivity index (χ0v) is 74.2. The minimum Gasteiger partial charge on any atom is -0.469 e. The highest BCUT2D eigenvalue weighted by molar-refractivity contribution is 9.11. The van der Waals surface area contributed by atoms with E-state index in [0.717, 1.165) is 152 Å². The molecule has 13 aromatic rings. The van der Waals surface area contributed by atoms with Crippen molar-refractivity contribution in [2.75, 3.05) is 33.3 Å². The summed E-state index contributed by atoms with van der Waals surface area (Å²) in [5, 5.41) is 28.8. The zero-order valence-electron chi connectivity index (χ0n) is 67.9. The van der Waals surface area contributed by atoms with Gasteiger partial charge in [-0.15, -0.1) is 0 Å². The van der Waals surface area contributed by atoms with Gasteiger partial charge in [0.05, 0.1) is 71.2 Å². The van der Waals surface area contributed by atoms with E-state index >= 15 is 0 Å². The number of amides is 2. The first-order valence-corrected chi connectivity index (χ1v) is 42.5. The number of hydrogen-bond donors (Lipinski definition) is 2. The number of Topliss-reactive ketones (excluding diaryl/α,β-unsaturated/α-hetero) is 1. The first kappa shape index (κ1) is 87.5. The fraction of sp³-hybridized carbons (Fsp3) is 0.196. The number of para-hydroxylation sites is 3. The van der Waals surface area contributed by atoms with Crippen LogP contribution in [0.5, 0.6) is 0 Å². The Morgan fingerprint density at radius 1 is 0.475 bits per heavy atom. The van der Waals surface area contributed by atoms with Crippen LogP contribution in [0.3, 0.4) is 0 Å². The van der Waals surface area contributed by atoms with Gasteiger partial charge in [-0.1, -0.05) is 244 Å². The van der Waals surface area contributed by atoms with Crippen LogP contribution < -0.4 is 10.7 Å². The molecule has 19 nitrogen and oxygen atoms in total. The molecule has 2 N–H and O–H groups in total. The second kappa shape index (κ2) is 41.7. The number of hydrogen-bond acceptors (Lipinski definition) is 14. The molecule has 0 bridgehead atoms. The van der Waals surface area contributed by atoms with Crippen molar-refractivity contribution in [2.24, 2.45) is 10.2 Å². The van der Waals surface area contributed by atoms with Crippen molar-refractivity contribution in [3.8, 4) is 50.8 Å². The molecule has 2 unspecified atom stereocenters. The molecule has 610 valence electrons. The van der Waals surface area contributed by atoms with E-state index in [2.05, 4.69) is 197 Å². The Morgan fingerprint density at radius 3 is 1.34 bits per heavy atom. The predicted molar refractivity (Wildman–Crippen MR) is 491 cm³/mol. The number of aryl methyl sites for hydroxylation is 3. The lowest BCUT2D eigenvalue weighted by Crippen LogP contribution is -2.48. The number of carbonyl (C=O) groups is 5. The van der Waals surface area contributed by atoms with Crippen LogP contribution in [0.4, 0.5) is 4.79 Å². The average Bonchev–Trinajstić information content (AvgIpc) is 1.59. The molecule has 2 amide bonds. The normalized spacial score (nSPS) is 14.1. The minimum absolute atomic E-state index is 0.00418. The number of allylic oxidation sites excluding steroid dienone is 1. The summed E-state index contributed by atoms with van der Waals surface area (Å²) in [5.74, 6) is -0.606. The van der Waals surface area contributed by atoms with Crippen molar-refractivity contribution in [2.45, 2.75) is 91.8 Å². The Balaban J connectivity index is 0.000000147. The maximum Gasteiger partial charge on any atom is 0.410 e. The largest absolute Gasteiger partial charge is 0.469 e. The van der Waals surface area contributed by atoms with E-state index in [0.29, 0.717) is 12.0 Å². The van der Waals surface area contributed by atoms with Crippen LogP contribution in [0.2, 0.25) is 0 Å². The highest BCUT2D eigenvalue weighted by Crippen LogP contribution is 2.40. The Kier molecular flexibility index (Phi) is 30.4. The number of ether oxygens (including phenoxy) is 2. The molecule has 3 aromatic heterocycles. The van der Waals surface area contributed by atoms with E-state index in [-0.39, 0.29) is 54.1 Å². The summed E-state index contributed by atoms with van der Waals surface area (Å²) >= 11 is 13.7. The Morgan fingerprint density at radius 2 is 0.883 bits per heavy atom. The number of benzene rings is 10. The van der Waals surface area contributed by atoms with Crippen molar-refractivity contribution >= 4 is 111 Å². The van der Waals surface area contributed by atoms with Gasteiger partial charge in [0.25, 0.3) is 0 Å². The number of nitrogens with zero attached hydrogens (tertiary/aromatic N) is 10. The van der Waals surface area contributed by atoms with Gasteiger partial charge in [0.15, 0.2) is 11.6 Å². The fourth-order valence-electron chi connectivity index (χ4n) is 13.1. The third-order valence-corrected chi connectivity index (χ3v) is 21.7. The summed E-state index contributed by atoms with van der Waals surface area (Å²) in [6.07, 6.45) is 10.6. The summed E-state index contributed by atoms with van der Waals surface area (Å²) in [5.41, 5.74) is 23.5. The van der Waals surface area contributed by atoms with Gasteiger partial charge in [-0.25, -0.2) is 23.8 Å². The summed E-state index contributed by atoms with van der Waals surface area (Å²) in [6.45, 7) is 16.6. The zero-order chi connectivity index (χ0) is 84.8. The molecule has 6 heterocycles. The van der Waals surface area contributed by atoms with Crippen molar-refractivity contribution in [3.05, 3.63) is 359 Å². The SMILES string of the molecule is CC(=O)c1ccc(Br)cc1.CC(C)(C)OC(=O)N1CCNCC1.COC(=O)CCC(=O)N1N=C(c2ccc(Br)cc2)CC1c1cn(-c2ccccc2)nc1-c1ccc(C)cc1.Cc1ccc(-c2nn(-c3ccccc3)cc2/C=C/C(=O)c2ccc(Br)cc2)cc1.Cc1ccc(-c2nn(-c3ccccc3)cc2C2CC(c3ccc(Br)cc3)=NN2)cc1. The minimum atomic E-state index is -0.427. The van der Waals surface area contributed by atoms with E-state index in [9.17, 15) is 24.0 Å². The summed E-state index contributed by atoms with van der Waals surface area (Å²) < 4.78 is 19.6. The van der Waals surface area contributed by atoms with Crippen LogP contribution in [-0.2, 0) is 19.1 Å². The highest BCUT2D eigenvalue weighted by Gasteiger charge is 2.37.